The number of amidine groups is 1. The second kappa shape index (κ2) is 8.12. The highest BCUT2D eigenvalue weighted by Gasteiger charge is 2.35. The van der Waals surface area contributed by atoms with Crippen molar-refractivity contribution >= 4 is 17.2 Å². The molecular weight excluding hydrogens is 349 g/mol. The van der Waals surface area contributed by atoms with Gasteiger partial charge in [-0.1, -0.05) is 6.92 Å². The number of ether oxygens (including phenoxy) is 2. The van der Waals surface area contributed by atoms with E-state index in [1.54, 1.807) is 25.3 Å². The molecule has 1 fully saturated rings. The van der Waals surface area contributed by atoms with Crippen LogP contribution in [-0.2, 0) is 4.74 Å². The second-order valence-corrected chi connectivity index (χ2v) is 7.36. The van der Waals surface area contributed by atoms with Crippen molar-refractivity contribution in [2.24, 2.45) is 11.0 Å². The van der Waals surface area contributed by atoms with Crippen molar-refractivity contribution in [1.82, 2.24) is 10.3 Å². The molecule has 8 heteroatoms. The van der Waals surface area contributed by atoms with Crippen LogP contribution in [0, 0.1) is 11.3 Å². The van der Waals surface area contributed by atoms with Gasteiger partial charge >= 0.3 is 0 Å². The number of nitrogens with one attached hydrogen (secondary N) is 2. The van der Waals surface area contributed by atoms with E-state index in [2.05, 4.69) is 10.5 Å². The number of hydrogen-bond donors (Lipinski definition) is 3. The summed E-state index contributed by atoms with van der Waals surface area (Å²) in [7, 11) is 1.62. The third-order valence-electron chi connectivity index (χ3n) is 5.02. The molecule has 0 amide bonds. The van der Waals surface area contributed by atoms with Gasteiger partial charge in [0.25, 0.3) is 0 Å². The number of rotatable bonds is 6. The molecule has 27 heavy (non-hydrogen) atoms. The molecule has 0 bridgehead atoms. The van der Waals surface area contributed by atoms with E-state index in [-0.39, 0.29) is 18.1 Å². The molecule has 1 saturated heterocycles. The highest BCUT2D eigenvalue weighted by atomic mass is 19.1. The normalized spacial score (nSPS) is 25.9. The van der Waals surface area contributed by atoms with Gasteiger partial charge in [-0.3, -0.25) is 5.43 Å². The number of methoxy groups -OCH3 is 1. The van der Waals surface area contributed by atoms with Crippen LogP contribution in [0.15, 0.2) is 23.3 Å². The Bertz CT molecular complexity index is 716. The number of halogens is 1. The van der Waals surface area contributed by atoms with Crippen LogP contribution in [0.3, 0.4) is 0 Å². The summed E-state index contributed by atoms with van der Waals surface area (Å²) in [5.41, 5.74) is 10.6. The van der Waals surface area contributed by atoms with E-state index < -0.39 is 6.17 Å². The minimum absolute atomic E-state index is 0.00441. The Morgan fingerprint density at radius 2 is 2.26 bits per heavy atom. The van der Waals surface area contributed by atoms with Crippen LogP contribution >= 0.6 is 0 Å². The van der Waals surface area contributed by atoms with Gasteiger partial charge in [-0.25, -0.2) is 4.39 Å². The summed E-state index contributed by atoms with van der Waals surface area (Å²) in [6.07, 6.45) is -0.390. The second-order valence-electron chi connectivity index (χ2n) is 7.36. The zero-order valence-electron chi connectivity index (χ0n) is 16.0. The van der Waals surface area contributed by atoms with Gasteiger partial charge in [0.1, 0.15) is 23.9 Å². The standard InChI is InChI=1S/C19H28FN5O2/c1-11-8-25(9-15(11)20)18-7-17(23-24-18)19(22)14-6-13(4-5-16(14)21)27-12(2)10-26-3/h4-6,11-12,15,17,22-23H,7-10,21H2,1-3H3/t11?,12-,15-,17?/m0/s1. The van der Waals surface area contributed by atoms with Crippen LogP contribution in [-0.4, -0.2) is 61.6 Å². The molecule has 3 rings (SSSR count). The van der Waals surface area contributed by atoms with Crippen molar-refractivity contribution in [2.75, 3.05) is 32.5 Å². The fourth-order valence-electron chi connectivity index (χ4n) is 3.46. The molecule has 0 spiro atoms. The minimum Gasteiger partial charge on any atom is -0.488 e. The number of likely N-dealkylation sites (tertiary alicyclic amines) is 1. The maximum Gasteiger partial charge on any atom is 0.127 e. The fraction of sp³-hybridized carbons (Fsp3) is 0.579. The smallest absolute Gasteiger partial charge is 0.127 e. The van der Waals surface area contributed by atoms with Crippen molar-refractivity contribution in [3.63, 3.8) is 0 Å². The van der Waals surface area contributed by atoms with Gasteiger partial charge in [-0.05, 0) is 25.1 Å². The van der Waals surface area contributed by atoms with E-state index in [4.69, 9.17) is 20.6 Å². The topological polar surface area (TPSA) is 96.0 Å². The summed E-state index contributed by atoms with van der Waals surface area (Å²) in [6, 6.07) is 5.02. The van der Waals surface area contributed by atoms with Crippen molar-refractivity contribution in [2.45, 2.75) is 38.6 Å². The number of nitrogens with two attached hydrogens (primary N) is 1. The van der Waals surface area contributed by atoms with Crippen LogP contribution < -0.4 is 15.9 Å². The van der Waals surface area contributed by atoms with Gasteiger partial charge in [0.05, 0.1) is 24.9 Å². The predicted octanol–water partition coefficient (Wildman–Crippen LogP) is 2.02. The van der Waals surface area contributed by atoms with Gasteiger partial charge in [-0.15, -0.1) is 0 Å². The van der Waals surface area contributed by atoms with Gasteiger partial charge in [0, 0.05) is 37.2 Å². The summed E-state index contributed by atoms with van der Waals surface area (Å²) in [6.45, 7) is 5.32. The van der Waals surface area contributed by atoms with E-state index in [0.717, 1.165) is 5.84 Å². The zero-order chi connectivity index (χ0) is 19.6. The van der Waals surface area contributed by atoms with Crippen LogP contribution in [0.5, 0.6) is 5.75 Å². The lowest BCUT2D eigenvalue weighted by Crippen LogP contribution is -2.33. The lowest BCUT2D eigenvalue weighted by atomic mass is 9.99. The van der Waals surface area contributed by atoms with Crippen molar-refractivity contribution in [3.8, 4) is 5.75 Å². The average Bonchev–Trinajstić information content (AvgIpc) is 3.24. The number of anilines is 1. The Hall–Kier alpha value is -2.35. The Morgan fingerprint density at radius 3 is 2.93 bits per heavy atom. The maximum atomic E-state index is 13.8. The molecule has 7 nitrogen and oxygen atoms in total. The van der Waals surface area contributed by atoms with E-state index >= 15 is 0 Å². The number of alkyl halides is 1. The number of hydrazone groups is 1. The molecule has 0 aromatic heterocycles. The molecular formula is C19H28FN5O2. The lowest BCUT2D eigenvalue weighted by molar-refractivity contribution is 0.0921. The monoisotopic (exact) mass is 377 g/mol. The Balaban J connectivity index is 1.66. The van der Waals surface area contributed by atoms with Gasteiger partial charge < -0.3 is 25.5 Å². The fourth-order valence-corrected chi connectivity index (χ4v) is 3.46. The van der Waals surface area contributed by atoms with E-state index in [1.165, 1.54) is 0 Å². The molecule has 2 aliphatic rings. The first-order valence-electron chi connectivity index (χ1n) is 9.24. The van der Waals surface area contributed by atoms with Crippen LogP contribution in [0.2, 0.25) is 0 Å². The third-order valence-corrected chi connectivity index (χ3v) is 5.02. The minimum atomic E-state index is -0.829. The number of benzene rings is 1. The van der Waals surface area contributed by atoms with Crippen LogP contribution in [0.4, 0.5) is 10.1 Å². The molecule has 1 aromatic rings. The summed E-state index contributed by atoms with van der Waals surface area (Å²) in [4.78, 5) is 1.96. The van der Waals surface area contributed by atoms with E-state index in [0.29, 0.717) is 48.8 Å². The SMILES string of the molecule is COC[C@H](C)Oc1ccc(N)c(C(=N)C2CC(N3CC(C)[C@@H](F)C3)=NN2)c1. The molecule has 0 radical (unpaired) electrons. The molecule has 0 aliphatic carbocycles. The molecule has 2 aliphatic heterocycles. The highest BCUT2D eigenvalue weighted by Crippen LogP contribution is 2.26. The van der Waals surface area contributed by atoms with Crippen molar-refractivity contribution < 1.29 is 13.9 Å². The third kappa shape index (κ3) is 4.32. The van der Waals surface area contributed by atoms with Gasteiger partial charge in [0.2, 0.25) is 0 Å². The number of hydrogen-bond acceptors (Lipinski definition) is 7. The first kappa shape index (κ1) is 19.4. The maximum absolute atomic E-state index is 13.8. The number of nitrogens with zero attached hydrogens (tertiary/aromatic N) is 2. The molecule has 148 valence electrons. The first-order chi connectivity index (χ1) is 12.9. The average molecular weight is 377 g/mol. The Kier molecular flexibility index (Phi) is 5.84. The quantitative estimate of drug-likeness (QED) is 0.521. The molecule has 1 aromatic carbocycles. The molecule has 4 N–H and O–H groups in total. The summed E-state index contributed by atoms with van der Waals surface area (Å²) < 4.78 is 24.7. The van der Waals surface area contributed by atoms with Crippen molar-refractivity contribution in [3.05, 3.63) is 23.8 Å². The summed E-state index contributed by atoms with van der Waals surface area (Å²) >= 11 is 0. The molecule has 4 atom stereocenters. The summed E-state index contributed by atoms with van der Waals surface area (Å²) in [5.74, 6) is 1.45. The lowest BCUT2D eigenvalue weighted by Gasteiger charge is -2.19. The van der Waals surface area contributed by atoms with E-state index in [9.17, 15) is 4.39 Å². The number of nitrogen functional groups attached to an aromatic ring is 1. The Morgan fingerprint density at radius 1 is 1.48 bits per heavy atom. The molecule has 2 heterocycles. The van der Waals surface area contributed by atoms with Crippen LogP contribution in [0.1, 0.15) is 25.8 Å². The zero-order valence-corrected chi connectivity index (χ0v) is 16.0. The molecule has 0 saturated carbocycles. The van der Waals surface area contributed by atoms with Crippen LogP contribution in [0.25, 0.3) is 0 Å². The highest BCUT2D eigenvalue weighted by molar-refractivity contribution is 6.08. The Labute approximate surface area is 159 Å². The van der Waals surface area contributed by atoms with Gasteiger partial charge in [0.15, 0.2) is 0 Å². The predicted molar refractivity (Wildman–Crippen MR) is 104 cm³/mol. The first-order valence-corrected chi connectivity index (χ1v) is 9.24. The summed E-state index contributed by atoms with van der Waals surface area (Å²) in [5, 5.41) is 12.9. The van der Waals surface area contributed by atoms with Crippen molar-refractivity contribution in [1.29, 1.82) is 5.41 Å². The van der Waals surface area contributed by atoms with E-state index in [1.807, 2.05) is 18.7 Å². The molecule has 2 unspecified atom stereocenters. The largest absolute Gasteiger partial charge is 0.488 e. The van der Waals surface area contributed by atoms with Gasteiger partial charge in [-0.2, -0.15) is 5.10 Å².